The van der Waals surface area contributed by atoms with Crippen LogP contribution in [0.2, 0.25) is 0 Å². The third-order valence-corrected chi connectivity index (χ3v) is 6.05. The first-order valence-electron chi connectivity index (χ1n) is 11.1. The van der Waals surface area contributed by atoms with Gasteiger partial charge in [-0.2, -0.15) is 0 Å². The number of benzene rings is 3. The standard InChI is InChI=1S/C26H26N2O6/c1-16-12-17(14-18(13-16)28(32)33)25(30)24(29)10-11-27-26(31)34-15-23-21-8-4-2-6-19(21)20-7-3-5-9-22(20)23/h2-9,12-14,23-25,29-30H,10-11,15H2,1H3,(H,27,31). The zero-order chi connectivity index (χ0) is 24.2. The van der Waals surface area contributed by atoms with Gasteiger partial charge >= 0.3 is 6.09 Å². The molecule has 1 aliphatic rings. The van der Waals surface area contributed by atoms with Crippen molar-refractivity contribution in [3.05, 3.63) is 99.1 Å². The number of amides is 1. The number of nitrogens with one attached hydrogen (secondary N) is 1. The highest BCUT2D eigenvalue weighted by molar-refractivity contribution is 5.79. The molecule has 0 aromatic heterocycles. The van der Waals surface area contributed by atoms with Crippen LogP contribution in [0.15, 0.2) is 66.7 Å². The molecular formula is C26H26N2O6. The molecule has 1 aliphatic carbocycles. The summed E-state index contributed by atoms with van der Waals surface area (Å²) in [7, 11) is 0. The van der Waals surface area contributed by atoms with Gasteiger partial charge in [-0.15, -0.1) is 0 Å². The van der Waals surface area contributed by atoms with Crippen LogP contribution in [0.25, 0.3) is 11.1 Å². The summed E-state index contributed by atoms with van der Waals surface area (Å²) < 4.78 is 5.46. The van der Waals surface area contributed by atoms with E-state index in [0.29, 0.717) is 5.56 Å². The van der Waals surface area contributed by atoms with Crippen LogP contribution in [-0.4, -0.2) is 40.5 Å². The molecular weight excluding hydrogens is 436 g/mol. The molecule has 2 atom stereocenters. The Morgan fingerprint density at radius 2 is 1.68 bits per heavy atom. The number of rotatable bonds is 8. The van der Waals surface area contributed by atoms with Crippen molar-refractivity contribution in [3.63, 3.8) is 0 Å². The van der Waals surface area contributed by atoms with Crippen LogP contribution < -0.4 is 5.32 Å². The van der Waals surface area contributed by atoms with Gasteiger partial charge in [-0.1, -0.05) is 54.6 Å². The number of aliphatic hydroxyl groups excluding tert-OH is 2. The maximum atomic E-state index is 12.3. The molecule has 176 valence electrons. The molecule has 0 spiro atoms. The number of hydrogen-bond donors (Lipinski definition) is 3. The fourth-order valence-electron chi connectivity index (χ4n) is 4.42. The van der Waals surface area contributed by atoms with Crippen LogP contribution in [0.5, 0.6) is 0 Å². The average molecular weight is 463 g/mol. The zero-order valence-corrected chi connectivity index (χ0v) is 18.7. The first kappa shape index (κ1) is 23.4. The Hall–Kier alpha value is -3.75. The molecule has 1 amide bonds. The van der Waals surface area contributed by atoms with E-state index in [1.165, 1.54) is 12.1 Å². The third-order valence-electron chi connectivity index (χ3n) is 6.05. The first-order chi connectivity index (χ1) is 16.3. The summed E-state index contributed by atoms with van der Waals surface area (Å²) in [6.07, 6.45) is -3.10. The van der Waals surface area contributed by atoms with Crippen LogP contribution >= 0.6 is 0 Å². The summed E-state index contributed by atoms with van der Waals surface area (Å²) >= 11 is 0. The summed E-state index contributed by atoms with van der Waals surface area (Å²) in [6.45, 7) is 1.93. The van der Waals surface area contributed by atoms with Crippen LogP contribution in [-0.2, 0) is 4.74 Å². The largest absolute Gasteiger partial charge is 0.449 e. The average Bonchev–Trinajstić information content (AvgIpc) is 3.15. The van der Waals surface area contributed by atoms with Gasteiger partial charge in [0.2, 0.25) is 0 Å². The van der Waals surface area contributed by atoms with Crippen molar-refractivity contribution < 1.29 is 24.7 Å². The molecule has 2 unspecified atom stereocenters. The lowest BCUT2D eigenvalue weighted by molar-refractivity contribution is -0.385. The van der Waals surface area contributed by atoms with E-state index in [9.17, 15) is 25.1 Å². The second-order valence-corrected chi connectivity index (χ2v) is 8.41. The molecule has 3 aromatic carbocycles. The van der Waals surface area contributed by atoms with Crippen molar-refractivity contribution in [2.24, 2.45) is 0 Å². The minimum absolute atomic E-state index is 0.0487. The van der Waals surface area contributed by atoms with E-state index in [-0.39, 0.29) is 36.7 Å². The van der Waals surface area contributed by atoms with E-state index in [0.717, 1.165) is 22.3 Å². The van der Waals surface area contributed by atoms with Crippen molar-refractivity contribution in [1.82, 2.24) is 5.32 Å². The number of hydrogen-bond acceptors (Lipinski definition) is 6. The first-order valence-corrected chi connectivity index (χ1v) is 11.1. The van der Waals surface area contributed by atoms with Crippen molar-refractivity contribution >= 4 is 11.8 Å². The zero-order valence-electron chi connectivity index (χ0n) is 18.7. The van der Waals surface area contributed by atoms with Gasteiger partial charge < -0.3 is 20.3 Å². The number of nitrogens with zero attached hydrogens (tertiary/aromatic N) is 1. The Morgan fingerprint density at radius 1 is 1.06 bits per heavy atom. The Balaban J connectivity index is 1.29. The molecule has 3 N–H and O–H groups in total. The van der Waals surface area contributed by atoms with Crippen LogP contribution in [0.3, 0.4) is 0 Å². The highest BCUT2D eigenvalue weighted by Crippen LogP contribution is 2.44. The molecule has 34 heavy (non-hydrogen) atoms. The van der Waals surface area contributed by atoms with Gasteiger partial charge in [0.05, 0.1) is 11.0 Å². The van der Waals surface area contributed by atoms with E-state index in [1.807, 2.05) is 36.4 Å². The SMILES string of the molecule is Cc1cc(C(O)C(O)CCNC(=O)OCC2c3ccccc3-c3ccccc32)cc([N+](=O)[O-])c1. The highest BCUT2D eigenvalue weighted by atomic mass is 16.6. The lowest BCUT2D eigenvalue weighted by atomic mass is 9.98. The topological polar surface area (TPSA) is 122 Å². The fraction of sp³-hybridized carbons (Fsp3) is 0.269. The Labute approximate surface area is 197 Å². The minimum Gasteiger partial charge on any atom is -0.449 e. The molecule has 0 aliphatic heterocycles. The van der Waals surface area contributed by atoms with Crippen LogP contribution in [0, 0.1) is 17.0 Å². The van der Waals surface area contributed by atoms with E-state index in [1.54, 1.807) is 13.0 Å². The van der Waals surface area contributed by atoms with Gasteiger partial charge in [-0.05, 0) is 46.7 Å². The monoisotopic (exact) mass is 462 g/mol. The number of nitro groups is 1. The Bertz CT molecular complexity index is 1170. The second kappa shape index (κ2) is 10.0. The molecule has 8 heteroatoms. The van der Waals surface area contributed by atoms with E-state index in [2.05, 4.69) is 17.4 Å². The molecule has 0 heterocycles. The van der Waals surface area contributed by atoms with E-state index >= 15 is 0 Å². The van der Waals surface area contributed by atoms with E-state index < -0.39 is 23.2 Å². The predicted octanol–water partition coefficient (Wildman–Crippen LogP) is 4.23. The Kier molecular flexibility index (Phi) is 6.90. The number of aryl methyl sites for hydroxylation is 1. The van der Waals surface area contributed by atoms with Gasteiger partial charge in [-0.25, -0.2) is 4.79 Å². The van der Waals surface area contributed by atoms with E-state index in [4.69, 9.17) is 4.74 Å². The number of non-ortho nitro benzene ring substituents is 1. The number of fused-ring (bicyclic) bond motifs is 3. The lowest BCUT2D eigenvalue weighted by Crippen LogP contribution is -2.30. The minimum atomic E-state index is -1.32. The summed E-state index contributed by atoms with van der Waals surface area (Å²) in [4.78, 5) is 22.7. The normalized spacial score (nSPS) is 14.1. The maximum Gasteiger partial charge on any atom is 0.407 e. The number of aliphatic hydroxyl groups is 2. The van der Waals surface area contributed by atoms with Gasteiger partial charge in [0.15, 0.2) is 0 Å². The maximum absolute atomic E-state index is 12.3. The summed E-state index contributed by atoms with van der Waals surface area (Å²) in [5.41, 5.74) is 5.20. The molecule has 0 fully saturated rings. The lowest BCUT2D eigenvalue weighted by Gasteiger charge is -2.19. The highest BCUT2D eigenvalue weighted by Gasteiger charge is 2.29. The Morgan fingerprint density at radius 3 is 2.29 bits per heavy atom. The van der Waals surface area contributed by atoms with Crippen molar-refractivity contribution in [1.29, 1.82) is 0 Å². The number of nitro benzene ring substituents is 1. The number of carbonyl (C=O) groups excluding carboxylic acids is 1. The summed E-state index contributed by atoms with van der Waals surface area (Å²) in [5.74, 6) is -0.0531. The van der Waals surface area contributed by atoms with Crippen molar-refractivity contribution in [2.75, 3.05) is 13.2 Å². The van der Waals surface area contributed by atoms with Gasteiger partial charge in [0, 0.05) is 24.6 Å². The summed E-state index contributed by atoms with van der Waals surface area (Å²) in [6, 6.07) is 20.3. The molecule has 8 nitrogen and oxygen atoms in total. The number of ether oxygens (including phenoxy) is 1. The smallest absolute Gasteiger partial charge is 0.407 e. The molecule has 0 bridgehead atoms. The molecule has 0 radical (unpaired) electrons. The number of carbonyl (C=O) groups is 1. The van der Waals surface area contributed by atoms with Crippen LogP contribution in [0.4, 0.5) is 10.5 Å². The molecule has 0 saturated carbocycles. The fourth-order valence-corrected chi connectivity index (χ4v) is 4.42. The van der Waals surface area contributed by atoms with Gasteiger partial charge in [-0.3, -0.25) is 10.1 Å². The summed E-state index contributed by atoms with van der Waals surface area (Å²) in [5, 5.41) is 34.3. The second-order valence-electron chi connectivity index (χ2n) is 8.41. The molecule has 3 aromatic rings. The predicted molar refractivity (Wildman–Crippen MR) is 126 cm³/mol. The molecule has 0 saturated heterocycles. The third kappa shape index (κ3) is 4.93. The van der Waals surface area contributed by atoms with Gasteiger partial charge in [0.25, 0.3) is 5.69 Å². The van der Waals surface area contributed by atoms with Crippen LogP contribution in [0.1, 0.15) is 40.7 Å². The number of alkyl carbamates (subject to hydrolysis) is 1. The van der Waals surface area contributed by atoms with Crippen molar-refractivity contribution in [3.8, 4) is 11.1 Å². The quantitative estimate of drug-likeness (QED) is 0.340. The molecule has 4 rings (SSSR count). The van der Waals surface area contributed by atoms with Gasteiger partial charge in [0.1, 0.15) is 12.7 Å². The van der Waals surface area contributed by atoms with Crippen molar-refractivity contribution in [2.45, 2.75) is 31.5 Å².